The predicted molar refractivity (Wildman–Crippen MR) is 90.6 cm³/mol. The number of nitrogens with zero attached hydrogens (tertiary/aromatic N) is 1. The van der Waals surface area contributed by atoms with Crippen LogP contribution in [0.15, 0.2) is 12.3 Å². The molecule has 124 valence electrons. The van der Waals surface area contributed by atoms with Gasteiger partial charge in [-0.3, -0.25) is 0 Å². The molecule has 1 aliphatic heterocycles. The van der Waals surface area contributed by atoms with E-state index >= 15 is 0 Å². The number of hydrogen-bond acceptors (Lipinski definition) is 0. The summed E-state index contributed by atoms with van der Waals surface area (Å²) in [6.45, 7) is 9.20. The van der Waals surface area contributed by atoms with E-state index in [1.54, 1.807) is 0 Å². The fourth-order valence-corrected chi connectivity index (χ4v) is 3.13. The summed E-state index contributed by atoms with van der Waals surface area (Å²) in [6, 6.07) is 0.649. The van der Waals surface area contributed by atoms with Crippen LogP contribution in [0.4, 0.5) is 0 Å². The van der Waals surface area contributed by atoms with Crippen LogP contribution in [0.3, 0.4) is 0 Å². The third kappa shape index (κ3) is 7.30. The van der Waals surface area contributed by atoms with Gasteiger partial charge in [0.15, 0.2) is 12.2 Å². The van der Waals surface area contributed by atoms with Crippen molar-refractivity contribution in [1.29, 1.82) is 0 Å². The summed E-state index contributed by atoms with van der Waals surface area (Å²) in [6.07, 6.45) is 20.8. The maximum Gasteiger partial charge on any atom is 0.165 e. The van der Waals surface area contributed by atoms with E-state index in [-0.39, 0.29) is 24.0 Å². The Bertz CT molecular complexity index is 322. The molecular weight excluding hydrogens is 369 g/mol. The highest BCUT2D eigenvalue weighted by molar-refractivity contribution is 5.55. The van der Waals surface area contributed by atoms with Crippen LogP contribution in [0.2, 0.25) is 0 Å². The van der Waals surface area contributed by atoms with Crippen molar-refractivity contribution in [3.05, 3.63) is 12.3 Å². The zero-order chi connectivity index (χ0) is 14.8. The van der Waals surface area contributed by atoms with Gasteiger partial charge < -0.3 is 24.0 Å². The Morgan fingerprint density at radius 2 is 1.67 bits per heavy atom. The molecular formula is C19H36IN. The molecule has 1 heterocycles. The van der Waals surface area contributed by atoms with Gasteiger partial charge in [0.25, 0.3) is 0 Å². The second-order valence-electron chi connectivity index (χ2n) is 6.68. The molecule has 0 saturated heterocycles. The molecule has 21 heavy (non-hydrogen) atoms. The standard InChI is InChI=1S/C19H36N.HI/c1-5-8-10-11-13-19(12-9-6-2)14-16-20(17-15-19)18(4)7-3;/h14,16-18H,5-13,15H2,1-4H3;1H/q+1;/p-1. The molecule has 0 fully saturated rings. The summed E-state index contributed by atoms with van der Waals surface area (Å²) >= 11 is 0. The summed E-state index contributed by atoms with van der Waals surface area (Å²) in [5.41, 5.74) is 0.466. The van der Waals surface area contributed by atoms with Gasteiger partial charge in [0.1, 0.15) is 6.21 Å². The zero-order valence-corrected chi connectivity index (χ0v) is 16.9. The third-order valence-electron chi connectivity index (χ3n) is 4.97. The van der Waals surface area contributed by atoms with Gasteiger partial charge in [0.05, 0.1) is 0 Å². The van der Waals surface area contributed by atoms with Crippen molar-refractivity contribution in [3.63, 3.8) is 0 Å². The lowest BCUT2D eigenvalue weighted by molar-refractivity contribution is -0.495. The monoisotopic (exact) mass is 405 g/mol. The van der Waals surface area contributed by atoms with Crippen LogP contribution >= 0.6 is 0 Å². The van der Waals surface area contributed by atoms with Crippen molar-refractivity contribution in [2.75, 3.05) is 0 Å². The van der Waals surface area contributed by atoms with E-state index < -0.39 is 0 Å². The van der Waals surface area contributed by atoms with E-state index in [9.17, 15) is 0 Å². The average Bonchev–Trinajstić information content (AvgIpc) is 2.50. The van der Waals surface area contributed by atoms with Gasteiger partial charge in [-0.25, -0.2) is 4.58 Å². The van der Waals surface area contributed by atoms with Gasteiger partial charge in [0, 0.05) is 18.3 Å². The van der Waals surface area contributed by atoms with Crippen molar-refractivity contribution < 1.29 is 28.6 Å². The minimum absolute atomic E-state index is 0. The predicted octanol–water partition coefficient (Wildman–Crippen LogP) is 2.94. The largest absolute Gasteiger partial charge is 1.00 e. The van der Waals surface area contributed by atoms with Gasteiger partial charge in [0.2, 0.25) is 0 Å². The fraction of sp³-hybridized carbons (Fsp3) is 0.842. The van der Waals surface area contributed by atoms with E-state index in [1.165, 1.54) is 64.2 Å². The van der Waals surface area contributed by atoms with Crippen LogP contribution in [-0.4, -0.2) is 16.8 Å². The Hall–Kier alpha value is 0.140. The maximum atomic E-state index is 2.54. The van der Waals surface area contributed by atoms with Crippen LogP contribution in [0, 0.1) is 5.41 Å². The quantitative estimate of drug-likeness (QED) is 0.299. The number of allylic oxidation sites excluding steroid dienone is 1. The van der Waals surface area contributed by atoms with Gasteiger partial charge in [-0.05, 0) is 25.8 Å². The van der Waals surface area contributed by atoms with Gasteiger partial charge >= 0.3 is 0 Å². The van der Waals surface area contributed by atoms with Gasteiger partial charge in [-0.15, -0.1) is 0 Å². The molecule has 1 rings (SSSR count). The minimum Gasteiger partial charge on any atom is -1.00 e. The third-order valence-corrected chi connectivity index (χ3v) is 4.97. The van der Waals surface area contributed by atoms with Crippen LogP contribution in [0.1, 0.15) is 91.9 Å². The Labute approximate surface area is 150 Å². The number of hydrogen-bond donors (Lipinski definition) is 0. The fourth-order valence-electron chi connectivity index (χ4n) is 3.13. The Morgan fingerprint density at radius 3 is 2.19 bits per heavy atom. The highest BCUT2D eigenvalue weighted by atomic mass is 127. The molecule has 2 unspecified atom stereocenters. The first-order valence-corrected chi connectivity index (χ1v) is 8.97. The van der Waals surface area contributed by atoms with Crippen LogP contribution in [0.25, 0.3) is 0 Å². The first-order chi connectivity index (χ1) is 9.67. The van der Waals surface area contributed by atoms with E-state index in [0.717, 1.165) is 0 Å². The molecule has 1 aliphatic rings. The second kappa shape index (κ2) is 11.7. The normalized spacial score (nSPS) is 22.6. The highest BCUT2D eigenvalue weighted by Crippen LogP contribution is 2.37. The van der Waals surface area contributed by atoms with Crippen molar-refractivity contribution in [1.82, 2.24) is 0 Å². The molecule has 0 amide bonds. The molecule has 0 aliphatic carbocycles. The van der Waals surface area contributed by atoms with E-state index in [4.69, 9.17) is 0 Å². The van der Waals surface area contributed by atoms with Crippen molar-refractivity contribution in [2.24, 2.45) is 5.41 Å². The summed E-state index contributed by atoms with van der Waals surface area (Å²) in [5.74, 6) is 0. The number of rotatable bonds is 10. The summed E-state index contributed by atoms with van der Waals surface area (Å²) in [4.78, 5) is 0. The first kappa shape index (κ1) is 21.1. The average molecular weight is 405 g/mol. The molecule has 2 atom stereocenters. The van der Waals surface area contributed by atoms with Gasteiger partial charge in [-0.2, -0.15) is 0 Å². The maximum absolute atomic E-state index is 2.54. The van der Waals surface area contributed by atoms with E-state index in [1.807, 2.05) is 0 Å². The number of unbranched alkanes of at least 4 members (excludes halogenated alkanes) is 4. The molecule has 0 bridgehead atoms. The Kier molecular flexibility index (Phi) is 11.8. The minimum atomic E-state index is 0. The van der Waals surface area contributed by atoms with E-state index in [2.05, 4.69) is 50.8 Å². The van der Waals surface area contributed by atoms with Crippen LogP contribution < -0.4 is 24.0 Å². The SMILES string of the molecule is CCCCCCC1(CCCC)C=C[N+](C(C)CC)=CC1.[I-]. The summed E-state index contributed by atoms with van der Waals surface area (Å²) in [7, 11) is 0. The molecule has 0 radical (unpaired) electrons. The molecule has 0 N–H and O–H groups in total. The molecule has 0 aromatic rings. The van der Waals surface area contributed by atoms with Crippen LogP contribution in [0.5, 0.6) is 0 Å². The lowest BCUT2D eigenvalue weighted by Crippen LogP contribution is -3.00. The lowest BCUT2D eigenvalue weighted by Gasteiger charge is -2.30. The first-order valence-electron chi connectivity index (χ1n) is 8.97. The van der Waals surface area contributed by atoms with Crippen molar-refractivity contribution >= 4 is 6.21 Å². The summed E-state index contributed by atoms with van der Waals surface area (Å²) in [5, 5.41) is 0. The Balaban J connectivity index is 0.00000400. The number of halogens is 1. The Morgan fingerprint density at radius 1 is 1.00 bits per heavy atom. The van der Waals surface area contributed by atoms with Crippen LogP contribution in [-0.2, 0) is 0 Å². The van der Waals surface area contributed by atoms with Crippen molar-refractivity contribution in [2.45, 2.75) is 97.9 Å². The molecule has 0 spiro atoms. The van der Waals surface area contributed by atoms with Gasteiger partial charge in [-0.1, -0.05) is 59.3 Å². The lowest BCUT2D eigenvalue weighted by atomic mass is 9.75. The highest BCUT2D eigenvalue weighted by Gasteiger charge is 2.31. The molecule has 0 saturated carbocycles. The molecule has 0 aromatic heterocycles. The smallest absolute Gasteiger partial charge is 0.165 e. The molecule has 1 nitrogen and oxygen atoms in total. The topological polar surface area (TPSA) is 3.01 Å². The second-order valence-corrected chi connectivity index (χ2v) is 6.68. The zero-order valence-electron chi connectivity index (χ0n) is 14.7. The molecule has 0 aromatic carbocycles. The molecule has 2 heteroatoms. The van der Waals surface area contributed by atoms with E-state index in [0.29, 0.717) is 11.5 Å². The summed E-state index contributed by atoms with van der Waals surface area (Å²) < 4.78 is 2.43. The van der Waals surface area contributed by atoms with Crippen molar-refractivity contribution in [3.8, 4) is 0 Å².